The molecule has 1 unspecified atom stereocenters. The minimum atomic E-state index is -0.255. The van der Waals surface area contributed by atoms with E-state index in [1.807, 2.05) is 6.26 Å². The van der Waals surface area contributed by atoms with E-state index in [9.17, 15) is 4.39 Å². The molecule has 0 saturated carbocycles. The zero-order valence-corrected chi connectivity index (χ0v) is 16.2. The number of thiophene rings is 1. The number of fused-ring (bicyclic) bond motifs is 3. The van der Waals surface area contributed by atoms with Gasteiger partial charge < -0.3 is 4.90 Å². The fourth-order valence-electron chi connectivity index (χ4n) is 3.08. The van der Waals surface area contributed by atoms with Crippen LogP contribution in [0.1, 0.15) is 16.0 Å². The topological polar surface area (TPSA) is 54.6 Å². The Bertz CT molecular complexity index is 968. The number of rotatable bonds is 4. The van der Waals surface area contributed by atoms with E-state index in [-0.39, 0.29) is 5.82 Å². The summed E-state index contributed by atoms with van der Waals surface area (Å²) in [5.74, 6) is 0.490. The molecule has 134 valence electrons. The van der Waals surface area contributed by atoms with Crippen LogP contribution >= 0.6 is 23.1 Å². The van der Waals surface area contributed by atoms with Crippen LogP contribution in [-0.4, -0.2) is 36.0 Å². The number of benzene rings is 1. The van der Waals surface area contributed by atoms with Gasteiger partial charge >= 0.3 is 0 Å². The second kappa shape index (κ2) is 7.30. The average Bonchev–Trinajstić information content (AvgIpc) is 3.00. The summed E-state index contributed by atoms with van der Waals surface area (Å²) in [5, 5.41) is 6.14. The number of thioether (sulfide) groups is 1. The molecule has 4 rings (SSSR count). The molecule has 1 atom stereocenters. The number of anilines is 1. The van der Waals surface area contributed by atoms with Gasteiger partial charge in [-0.3, -0.25) is 5.43 Å². The van der Waals surface area contributed by atoms with Crippen LogP contribution in [0.2, 0.25) is 0 Å². The fraction of sp³-hybridized carbons (Fsp3) is 0.278. The molecule has 2 aromatic heterocycles. The number of hydrogen-bond donors (Lipinski definition) is 2. The highest BCUT2D eigenvalue weighted by Gasteiger charge is 2.25. The third-order valence-corrected chi connectivity index (χ3v) is 6.09. The number of nitrogens with zero attached hydrogens (tertiary/aromatic N) is 3. The van der Waals surface area contributed by atoms with Crippen molar-refractivity contribution in [3.05, 3.63) is 46.1 Å². The fourth-order valence-corrected chi connectivity index (χ4v) is 4.84. The lowest BCUT2D eigenvalue weighted by Crippen LogP contribution is -3.08. The molecule has 1 aliphatic heterocycles. The maximum atomic E-state index is 13.0. The summed E-state index contributed by atoms with van der Waals surface area (Å²) < 4.78 is 13.0. The van der Waals surface area contributed by atoms with Crippen LogP contribution in [0.5, 0.6) is 0 Å². The predicted molar refractivity (Wildman–Crippen MR) is 106 cm³/mol. The third-order valence-electron chi connectivity index (χ3n) is 4.41. The molecular weight excluding hydrogens is 369 g/mol. The highest BCUT2D eigenvalue weighted by Crippen LogP contribution is 2.36. The first-order valence-corrected chi connectivity index (χ1v) is 10.4. The minimum Gasteiger partial charge on any atom is -0.333 e. The van der Waals surface area contributed by atoms with Crippen LogP contribution in [-0.2, 0) is 13.0 Å². The van der Waals surface area contributed by atoms with Crippen molar-refractivity contribution in [1.29, 1.82) is 0 Å². The maximum absolute atomic E-state index is 13.0. The van der Waals surface area contributed by atoms with Crippen molar-refractivity contribution < 1.29 is 9.29 Å². The standard InChI is InChI=1S/C18H18FN5S2/c1-24-8-7-13-14(10-24)26-17-15(13)16(21-18(22-17)25-2)23-20-9-11-3-5-12(19)6-4-11/h3-6,9H,7-8,10H2,1-2H3,(H,21,22,23)/p+1/b20-9-. The molecule has 0 saturated heterocycles. The van der Waals surface area contributed by atoms with Crippen molar-refractivity contribution in [1.82, 2.24) is 9.97 Å². The Balaban J connectivity index is 1.69. The van der Waals surface area contributed by atoms with E-state index < -0.39 is 0 Å². The Morgan fingerprint density at radius 3 is 2.88 bits per heavy atom. The number of hydrazone groups is 1. The first-order valence-electron chi connectivity index (χ1n) is 8.36. The highest BCUT2D eigenvalue weighted by atomic mass is 32.2. The van der Waals surface area contributed by atoms with Gasteiger partial charge in [-0.2, -0.15) is 5.10 Å². The molecule has 5 nitrogen and oxygen atoms in total. The lowest BCUT2D eigenvalue weighted by molar-refractivity contribution is -0.895. The molecule has 0 fully saturated rings. The molecule has 2 N–H and O–H groups in total. The van der Waals surface area contributed by atoms with Crippen molar-refractivity contribution in [3.63, 3.8) is 0 Å². The summed E-state index contributed by atoms with van der Waals surface area (Å²) in [4.78, 5) is 13.2. The molecule has 0 amide bonds. The summed E-state index contributed by atoms with van der Waals surface area (Å²) in [6, 6.07) is 6.22. The van der Waals surface area contributed by atoms with Crippen LogP contribution in [0, 0.1) is 5.82 Å². The van der Waals surface area contributed by atoms with E-state index in [0.29, 0.717) is 0 Å². The van der Waals surface area contributed by atoms with E-state index in [2.05, 4.69) is 27.5 Å². The highest BCUT2D eigenvalue weighted by molar-refractivity contribution is 7.98. The van der Waals surface area contributed by atoms with Crippen LogP contribution in [0.25, 0.3) is 10.2 Å². The monoisotopic (exact) mass is 388 g/mol. The van der Waals surface area contributed by atoms with Gasteiger partial charge in [0.15, 0.2) is 11.0 Å². The van der Waals surface area contributed by atoms with Crippen molar-refractivity contribution in [3.8, 4) is 0 Å². The Morgan fingerprint density at radius 1 is 1.31 bits per heavy atom. The van der Waals surface area contributed by atoms with Gasteiger partial charge in [-0.1, -0.05) is 23.9 Å². The molecule has 3 heterocycles. The number of nitrogens with one attached hydrogen (secondary N) is 2. The maximum Gasteiger partial charge on any atom is 0.190 e. The molecule has 0 spiro atoms. The zero-order valence-electron chi connectivity index (χ0n) is 14.5. The summed E-state index contributed by atoms with van der Waals surface area (Å²) in [7, 11) is 2.22. The Labute approximate surface area is 159 Å². The third kappa shape index (κ3) is 3.44. The molecule has 8 heteroatoms. The van der Waals surface area contributed by atoms with Gasteiger partial charge in [-0.15, -0.1) is 11.3 Å². The Kier molecular flexibility index (Phi) is 4.88. The van der Waals surface area contributed by atoms with Crippen LogP contribution < -0.4 is 10.3 Å². The summed E-state index contributed by atoms with van der Waals surface area (Å²) in [5.41, 5.74) is 5.26. The van der Waals surface area contributed by atoms with Gasteiger partial charge in [0.25, 0.3) is 0 Å². The second-order valence-electron chi connectivity index (χ2n) is 6.30. The summed E-state index contributed by atoms with van der Waals surface area (Å²) in [6.45, 7) is 2.14. The van der Waals surface area contributed by atoms with Gasteiger partial charge in [0, 0.05) is 6.42 Å². The van der Waals surface area contributed by atoms with Crippen LogP contribution in [0.4, 0.5) is 10.2 Å². The molecule has 0 bridgehead atoms. The SMILES string of the molecule is CSc1nc(N/N=C\c2ccc(F)cc2)c2c3c(sc2n1)C[NH+](C)CC3. The first-order chi connectivity index (χ1) is 12.6. The Hall–Kier alpha value is -2.03. The van der Waals surface area contributed by atoms with E-state index in [1.165, 1.54) is 39.2 Å². The normalized spacial score (nSPS) is 17.0. The van der Waals surface area contributed by atoms with Crippen molar-refractivity contribution >= 4 is 45.3 Å². The Morgan fingerprint density at radius 2 is 2.12 bits per heavy atom. The predicted octanol–water partition coefficient (Wildman–Crippen LogP) is 2.57. The molecular formula is C18H19FN5S2+. The van der Waals surface area contributed by atoms with Crippen molar-refractivity contribution in [2.45, 2.75) is 18.1 Å². The molecule has 1 aliphatic rings. The summed E-state index contributed by atoms with van der Waals surface area (Å²) in [6.07, 6.45) is 4.67. The number of quaternary nitrogens is 1. The van der Waals surface area contributed by atoms with E-state index >= 15 is 0 Å². The van der Waals surface area contributed by atoms with E-state index in [1.54, 1.807) is 29.7 Å². The van der Waals surface area contributed by atoms with Gasteiger partial charge in [0.05, 0.1) is 30.1 Å². The number of hydrogen-bond acceptors (Lipinski definition) is 6. The molecule has 0 radical (unpaired) electrons. The summed E-state index contributed by atoms with van der Waals surface area (Å²) >= 11 is 3.28. The minimum absolute atomic E-state index is 0.255. The van der Waals surface area contributed by atoms with Gasteiger partial charge in [0.1, 0.15) is 17.2 Å². The van der Waals surface area contributed by atoms with Crippen LogP contribution in [0.3, 0.4) is 0 Å². The average molecular weight is 389 g/mol. The van der Waals surface area contributed by atoms with Gasteiger partial charge in [-0.05, 0) is 29.5 Å². The number of halogens is 1. The zero-order chi connectivity index (χ0) is 18.1. The van der Waals surface area contributed by atoms with Gasteiger partial charge in [-0.25, -0.2) is 14.4 Å². The van der Waals surface area contributed by atoms with E-state index in [0.717, 1.165) is 46.3 Å². The van der Waals surface area contributed by atoms with E-state index in [4.69, 9.17) is 0 Å². The van der Waals surface area contributed by atoms with Crippen LogP contribution in [0.15, 0.2) is 34.5 Å². The lowest BCUT2D eigenvalue weighted by atomic mass is 10.1. The second-order valence-corrected chi connectivity index (χ2v) is 8.16. The van der Waals surface area contributed by atoms with Crippen molar-refractivity contribution in [2.75, 3.05) is 25.3 Å². The quantitative estimate of drug-likeness (QED) is 0.312. The number of likely N-dealkylation sites (N-methyl/N-ethyl adjacent to an activating group) is 1. The molecule has 3 aromatic rings. The van der Waals surface area contributed by atoms with Gasteiger partial charge in [0.2, 0.25) is 0 Å². The smallest absolute Gasteiger partial charge is 0.190 e. The first kappa shape index (κ1) is 17.4. The number of aromatic nitrogens is 2. The lowest BCUT2D eigenvalue weighted by Gasteiger charge is -2.19. The van der Waals surface area contributed by atoms with Crippen molar-refractivity contribution in [2.24, 2.45) is 5.10 Å². The molecule has 26 heavy (non-hydrogen) atoms. The molecule has 1 aromatic carbocycles. The largest absolute Gasteiger partial charge is 0.333 e. The molecule has 0 aliphatic carbocycles.